The highest BCUT2D eigenvalue weighted by atomic mass is 19.4. The quantitative estimate of drug-likeness (QED) is 0.244. The molecule has 1 atom stereocenters. The van der Waals surface area contributed by atoms with E-state index in [4.69, 9.17) is 9.47 Å². The lowest BCUT2D eigenvalue weighted by molar-refractivity contribution is -0.314. The molecule has 1 heterocycles. The molecule has 1 aliphatic rings. The van der Waals surface area contributed by atoms with E-state index in [-0.39, 0.29) is 56.9 Å². The van der Waals surface area contributed by atoms with Crippen LogP contribution in [-0.2, 0) is 31.8 Å². The van der Waals surface area contributed by atoms with Crippen molar-refractivity contribution in [3.8, 4) is 5.75 Å². The van der Waals surface area contributed by atoms with E-state index in [0.717, 1.165) is 12.1 Å². The minimum Gasteiger partial charge on any atom is -0.493 e. The Labute approximate surface area is 223 Å². The van der Waals surface area contributed by atoms with E-state index >= 15 is 0 Å². The minimum atomic E-state index is -5.91. The molecular formula is C24H29F9N2O5. The van der Waals surface area contributed by atoms with Crippen LogP contribution in [0.25, 0.3) is 0 Å². The summed E-state index contributed by atoms with van der Waals surface area (Å²) in [6.45, 7) is 4.16. The van der Waals surface area contributed by atoms with Gasteiger partial charge in [-0.1, -0.05) is 6.07 Å². The molecule has 1 fully saturated rings. The van der Waals surface area contributed by atoms with E-state index in [1.165, 1.54) is 4.90 Å². The molecule has 1 aliphatic heterocycles. The van der Waals surface area contributed by atoms with Crippen LogP contribution in [-0.4, -0.2) is 73.2 Å². The fourth-order valence-corrected chi connectivity index (χ4v) is 3.69. The van der Waals surface area contributed by atoms with Crippen LogP contribution in [0.3, 0.4) is 0 Å². The molecule has 1 unspecified atom stereocenters. The molecule has 0 amide bonds. The number of benzene rings is 1. The molecule has 1 N–H and O–H groups in total. The zero-order chi connectivity index (χ0) is 30.5. The van der Waals surface area contributed by atoms with E-state index in [9.17, 15) is 49.1 Å². The number of nitrogens with zero attached hydrogens (tertiary/aromatic N) is 1. The standard InChI is InChI=1S/C24H29F9N2O5/c1-21(2,3)40-18(36)5-4-10-38-17-11-15(22(25,26)27)7-6-14(17)13-35-9-8-34-12-16(35)19(37)39-20(23(28,29)30)24(31,32)33/h6-7,11,16,20,34H,4-5,8-10,12-13H2,1-3H3. The molecule has 0 aromatic heterocycles. The number of ether oxygens (including phenoxy) is 3. The van der Waals surface area contributed by atoms with Gasteiger partial charge in [-0.3, -0.25) is 14.5 Å². The van der Waals surface area contributed by atoms with Crippen molar-refractivity contribution < 1.29 is 63.3 Å². The van der Waals surface area contributed by atoms with Crippen molar-refractivity contribution in [3.63, 3.8) is 0 Å². The number of rotatable bonds is 9. The third kappa shape index (κ3) is 10.3. The Morgan fingerprint density at radius 3 is 2.20 bits per heavy atom. The van der Waals surface area contributed by atoms with Crippen molar-refractivity contribution >= 4 is 11.9 Å². The summed E-state index contributed by atoms with van der Waals surface area (Å²) < 4.78 is 132. The largest absolute Gasteiger partial charge is 0.493 e. The van der Waals surface area contributed by atoms with Gasteiger partial charge in [-0.15, -0.1) is 0 Å². The highest BCUT2D eigenvalue weighted by Gasteiger charge is 2.60. The van der Waals surface area contributed by atoms with Gasteiger partial charge >= 0.3 is 30.5 Å². The van der Waals surface area contributed by atoms with Crippen LogP contribution in [0, 0.1) is 0 Å². The maximum Gasteiger partial charge on any atom is 0.434 e. The molecule has 40 heavy (non-hydrogen) atoms. The molecular weight excluding hydrogens is 567 g/mol. The molecule has 0 radical (unpaired) electrons. The van der Waals surface area contributed by atoms with Gasteiger partial charge in [0.2, 0.25) is 0 Å². The summed E-state index contributed by atoms with van der Waals surface area (Å²) in [7, 11) is 0. The van der Waals surface area contributed by atoms with Crippen LogP contribution in [0.4, 0.5) is 39.5 Å². The number of alkyl halides is 9. The highest BCUT2D eigenvalue weighted by molar-refractivity contribution is 5.76. The molecule has 2 rings (SSSR count). The average Bonchev–Trinajstić information content (AvgIpc) is 2.78. The number of esters is 2. The normalized spacial score (nSPS) is 17.6. The van der Waals surface area contributed by atoms with Gasteiger partial charge in [0.1, 0.15) is 17.4 Å². The van der Waals surface area contributed by atoms with Gasteiger partial charge in [-0.25, -0.2) is 0 Å². The first kappa shape index (κ1) is 33.5. The lowest BCUT2D eigenvalue weighted by Gasteiger charge is -2.36. The van der Waals surface area contributed by atoms with Crippen LogP contribution < -0.4 is 10.1 Å². The van der Waals surface area contributed by atoms with Gasteiger partial charge < -0.3 is 19.5 Å². The molecule has 0 bridgehead atoms. The zero-order valence-corrected chi connectivity index (χ0v) is 21.7. The number of nitrogens with one attached hydrogen (secondary N) is 1. The van der Waals surface area contributed by atoms with Crippen molar-refractivity contribution in [2.45, 2.75) is 76.4 Å². The van der Waals surface area contributed by atoms with Crippen molar-refractivity contribution in [3.05, 3.63) is 29.3 Å². The smallest absolute Gasteiger partial charge is 0.434 e. The van der Waals surface area contributed by atoms with Gasteiger partial charge in [-0.05, 0) is 39.3 Å². The summed E-state index contributed by atoms with van der Waals surface area (Å²) in [4.78, 5) is 25.5. The molecule has 0 saturated carbocycles. The van der Waals surface area contributed by atoms with Gasteiger partial charge in [0.05, 0.1) is 12.2 Å². The highest BCUT2D eigenvalue weighted by Crippen LogP contribution is 2.37. The second kappa shape index (κ2) is 12.8. The first-order chi connectivity index (χ1) is 18.2. The monoisotopic (exact) mass is 596 g/mol. The van der Waals surface area contributed by atoms with Crippen molar-refractivity contribution in [1.82, 2.24) is 10.2 Å². The fourth-order valence-electron chi connectivity index (χ4n) is 3.69. The Bertz CT molecular complexity index is 1010. The Kier molecular flexibility index (Phi) is 10.7. The van der Waals surface area contributed by atoms with E-state index in [2.05, 4.69) is 10.1 Å². The van der Waals surface area contributed by atoms with Crippen molar-refractivity contribution in [2.75, 3.05) is 26.2 Å². The lowest BCUT2D eigenvalue weighted by atomic mass is 10.1. The molecule has 7 nitrogen and oxygen atoms in total. The zero-order valence-electron chi connectivity index (χ0n) is 21.7. The number of hydrogen-bond donors (Lipinski definition) is 1. The van der Waals surface area contributed by atoms with Crippen molar-refractivity contribution in [1.29, 1.82) is 0 Å². The summed E-state index contributed by atoms with van der Waals surface area (Å²) in [5.74, 6) is -2.65. The summed E-state index contributed by atoms with van der Waals surface area (Å²) in [6, 6.07) is 0.831. The van der Waals surface area contributed by atoms with Crippen LogP contribution in [0.15, 0.2) is 18.2 Å². The predicted octanol–water partition coefficient (Wildman–Crippen LogP) is 5.02. The van der Waals surface area contributed by atoms with Crippen LogP contribution >= 0.6 is 0 Å². The molecule has 0 spiro atoms. The Morgan fingerprint density at radius 1 is 1.02 bits per heavy atom. The number of carbonyl (C=O) groups excluding carboxylic acids is 2. The van der Waals surface area contributed by atoms with E-state index in [1.54, 1.807) is 20.8 Å². The first-order valence-corrected chi connectivity index (χ1v) is 12.0. The van der Waals surface area contributed by atoms with Gasteiger partial charge in [0, 0.05) is 38.2 Å². The maximum atomic E-state index is 13.3. The van der Waals surface area contributed by atoms with E-state index in [1.807, 2.05) is 0 Å². The molecule has 0 aliphatic carbocycles. The molecule has 1 saturated heterocycles. The van der Waals surface area contributed by atoms with Crippen LogP contribution in [0.1, 0.15) is 44.7 Å². The summed E-state index contributed by atoms with van der Waals surface area (Å²) >= 11 is 0. The van der Waals surface area contributed by atoms with Gasteiger partial charge in [0.25, 0.3) is 6.10 Å². The number of piperazine rings is 1. The summed E-state index contributed by atoms with van der Waals surface area (Å²) in [5.41, 5.74) is -1.74. The Hall–Kier alpha value is -2.75. The third-order valence-corrected chi connectivity index (χ3v) is 5.43. The van der Waals surface area contributed by atoms with Gasteiger partial charge in [0.15, 0.2) is 0 Å². The summed E-state index contributed by atoms with van der Waals surface area (Å²) in [6.07, 6.45) is -20.9. The first-order valence-electron chi connectivity index (χ1n) is 12.0. The number of hydrogen-bond acceptors (Lipinski definition) is 7. The minimum absolute atomic E-state index is 0.0540. The fraction of sp³-hybridized carbons (Fsp3) is 0.667. The lowest BCUT2D eigenvalue weighted by Crippen LogP contribution is -2.57. The van der Waals surface area contributed by atoms with E-state index < -0.39 is 53.8 Å². The molecule has 1 aromatic rings. The van der Waals surface area contributed by atoms with E-state index in [0.29, 0.717) is 6.07 Å². The number of halogens is 9. The average molecular weight is 596 g/mol. The summed E-state index contributed by atoms with van der Waals surface area (Å²) in [5, 5.41) is 2.67. The Balaban J connectivity index is 2.21. The SMILES string of the molecule is CC(C)(C)OC(=O)CCCOc1cc(C(F)(F)F)ccc1CN1CCNCC1C(=O)OC(C(F)(F)F)C(F)(F)F. The maximum absolute atomic E-state index is 13.3. The second-order valence-corrected chi connectivity index (χ2v) is 9.95. The van der Waals surface area contributed by atoms with Gasteiger partial charge in [-0.2, -0.15) is 39.5 Å². The predicted molar refractivity (Wildman–Crippen MR) is 121 cm³/mol. The third-order valence-electron chi connectivity index (χ3n) is 5.43. The van der Waals surface area contributed by atoms with Crippen LogP contribution in [0.2, 0.25) is 0 Å². The van der Waals surface area contributed by atoms with Crippen molar-refractivity contribution in [2.24, 2.45) is 0 Å². The topological polar surface area (TPSA) is 77.1 Å². The number of carbonyl (C=O) groups is 2. The second-order valence-electron chi connectivity index (χ2n) is 9.95. The molecule has 16 heteroatoms. The molecule has 228 valence electrons. The molecule has 1 aromatic carbocycles. The van der Waals surface area contributed by atoms with Crippen LogP contribution in [0.5, 0.6) is 5.75 Å². The Morgan fingerprint density at radius 2 is 1.65 bits per heavy atom.